The quantitative estimate of drug-likeness (QED) is 0.513. The molecule has 0 unspecified atom stereocenters. The van der Waals surface area contributed by atoms with Crippen molar-refractivity contribution >= 4 is 26.8 Å². The number of nitrogens with one attached hydrogen (secondary N) is 1. The van der Waals surface area contributed by atoms with Gasteiger partial charge in [0.15, 0.2) is 9.84 Å². The smallest absolute Gasteiger partial charge is 0.387 e. The van der Waals surface area contributed by atoms with Crippen LogP contribution in [0.2, 0.25) is 0 Å². The lowest BCUT2D eigenvalue weighted by Gasteiger charge is -2.38. The topological polar surface area (TPSA) is 133 Å². The molecule has 2 aromatic heterocycles. The number of fused-ring (bicyclic) bond motifs is 1. The van der Waals surface area contributed by atoms with Crippen LogP contribution in [0.1, 0.15) is 23.3 Å². The van der Waals surface area contributed by atoms with Gasteiger partial charge in [0.25, 0.3) is 5.91 Å². The number of amides is 1. The van der Waals surface area contributed by atoms with Gasteiger partial charge in [0.05, 0.1) is 41.3 Å². The zero-order valence-corrected chi connectivity index (χ0v) is 19.3. The van der Waals surface area contributed by atoms with E-state index in [1.165, 1.54) is 23.0 Å². The molecule has 2 N–H and O–H groups in total. The average Bonchev–Trinajstić information content (AvgIpc) is 3.34. The molecular weight excluding hydrogens is 486 g/mol. The highest BCUT2D eigenvalue weighted by molar-refractivity contribution is 7.93. The number of benzene rings is 1. The van der Waals surface area contributed by atoms with Gasteiger partial charge in [-0.25, -0.2) is 8.42 Å². The fourth-order valence-electron chi connectivity index (χ4n) is 4.52. The molecule has 2 aliphatic heterocycles. The van der Waals surface area contributed by atoms with Crippen LogP contribution in [0.4, 0.5) is 8.78 Å². The highest BCUT2D eigenvalue weighted by atomic mass is 32.2. The summed E-state index contributed by atoms with van der Waals surface area (Å²) in [7, 11) is -3.16. The Bertz CT molecular complexity index is 1400. The fraction of sp³-hybridized carbons (Fsp3) is 0.409. The van der Waals surface area contributed by atoms with Gasteiger partial charge in [0, 0.05) is 11.8 Å². The Labute approximate surface area is 198 Å². The van der Waals surface area contributed by atoms with Gasteiger partial charge in [-0.3, -0.25) is 14.5 Å². The number of alkyl halides is 2. The molecule has 1 amide bonds. The molecule has 10 nitrogen and oxygen atoms in total. The lowest BCUT2D eigenvalue weighted by atomic mass is 10.1. The van der Waals surface area contributed by atoms with E-state index in [0.29, 0.717) is 22.3 Å². The summed E-state index contributed by atoms with van der Waals surface area (Å²) in [5.41, 5.74) is 0.927. The summed E-state index contributed by atoms with van der Waals surface area (Å²) < 4.78 is 59.9. The molecule has 35 heavy (non-hydrogen) atoms. The van der Waals surface area contributed by atoms with Crippen LogP contribution >= 0.6 is 0 Å². The van der Waals surface area contributed by atoms with Gasteiger partial charge in [0.2, 0.25) is 0 Å². The van der Waals surface area contributed by atoms with Crippen molar-refractivity contribution in [1.82, 2.24) is 20.1 Å². The number of aromatic nitrogens is 3. The number of hydrogen-bond acceptors (Lipinski definition) is 8. The first kappa shape index (κ1) is 23.6. The van der Waals surface area contributed by atoms with E-state index in [1.54, 1.807) is 25.1 Å². The number of ether oxygens (including phenoxy) is 2. The zero-order chi connectivity index (χ0) is 25.0. The molecule has 0 spiro atoms. The number of nitrogens with zero attached hydrogens (tertiary/aromatic N) is 3. The Morgan fingerprint density at radius 3 is 2.74 bits per heavy atom. The molecule has 3 aromatic rings. The first-order valence-corrected chi connectivity index (χ1v) is 12.6. The van der Waals surface area contributed by atoms with E-state index in [0.717, 1.165) is 0 Å². The zero-order valence-electron chi connectivity index (χ0n) is 18.5. The molecule has 0 radical (unpaired) electrons. The van der Waals surface area contributed by atoms with Gasteiger partial charge in [0.1, 0.15) is 29.1 Å². The SMILES string of the molecule is CC1(NC(=O)c2cnc3c(-c4cccc(OC(F)F)c4)nn([C@@H]4COC[C@H]4O)c3c2)CS(=O)(=O)C1. The van der Waals surface area contributed by atoms with Crippen LogP contribution in [-0.4, -0.2) is 77.2 Å². The van der Waals surface area contributed by atoms with Gasteiger partial charge in [-0.05, 0) is 25.1 Å². The van der Waals surface area contributed by atoms with Gasteiger partial charge in [-0.15, -0.1) is 0 Å². The van der Waals surface area contributed by atoms with Crippen LogP contribution in [0.3, 0.4) is 0 Å². The van der Waals surface area contributed by atoms with Crippen LogP contribution in [-0.2, 0) is 14.6 Å². The van der Waals surface area contributed by atoms with Crippen molar-refractivity contribution in [2.45, 2.75) is 31.2 Å². The van der Waals surface area contributed by atoms with E-state index < -0.39 is 40.0 Å². The van der Waals surface area contributed by atoms with Crippen molar-refractivity contribution in [2.75, 3.05) is 24.7 Å². The minimum Gasteiger partial charge on any atom is -0.435 e. The standard InChI is InChI=1S/C22H22F2N4O6S/c1-22(10-35(31,32)11-22)26-20(30)13-6-15-19(25-7-13)18(27-28(15)16-8-33-9-17(16)29)12-3-2-4-14(5-12)34-21(23)24/h2-7,16-17,21,29H,8-11H2,1H3,(H,26,30)/t16-,17-/m1/s1. The lowest BCUT2D eigenvalue weighted by molar-refractivity contribution is -0.0498. The van der Waals surface area contributed by atoms with Crippen LogP contribution in [0.25, 0.3) is 22.3 Å². The summed E-state index contributed by atoms with van der Waals surface area (Å²) in [6.07, 6.45) is 0.487. The number of carbonyl (C=O) groups excluding carboxylic acids is 1. The van der Waals surface area contributed by atoms with Crippen molar-refractivity contribution in [3.05, 3.63) is 42.1 Å². The molecule has 4 heterocycles. The second kappa shape index (κ2) is 8.50. The van der Waals surface area contributed by atoms with E-state index in [9.17, 15) is 27.1 Å². The Kier molecular flexibility index (Phi) is 5.73. The van der Waals surface area contributed by atoms with Crippen LogP contribution in [0.15, 0.2) is 36.5 Å². The number of pyridine rings is 1. The maximum atomic E-state index is 12.9. The molecule has 2 saturated heterocycles. The first-order chi connectivity index (χ1) is 16.5. The van der Waals surface area contributed by atoms with Crippen LogP contribution in [0, 0.1) is 0 Å². The molecule has 2 fully saturated rings. The van der Waals surface area contributed by atoms with Crippen LogP contribution < -0.4 is 10.1 Å². The predicted octanol–water partition coefficient (Wildman–Crippen LogP) is 1.55. The molecule has 0 aliphatic carbocycles. The van der Waals surface area contributed by atoms with Crippen molar-refractivity contribution in [3.63, 3.8) is 0 Å². The molecule has 0 bridgehead atoms. The second-order valence-electron chi connectivity index (χ2n) is 9.01. The first-order valence-electron chi connectivity index (χ1n) is 10.8. The summed E-state index contributed by atoms with van der Waals surface area (Å²) in [6.45, 7) is -1.05. The fourth-order valence-corrected chi connectivity index (χ4v) is 6.52. The predicted molar refractivity (Wildman–Crippen MR) is 120 cm³/mol. The third-order valence-corrected chi connectivity index (χ3v) is 8.12. The molecular formula is C22H22F2N4O6S. The summed E-state index contributed by atoms with van der Waals surface area (Å²) in [4.78, 5) is 17.3. The van der Waals surface area contributed by atoms with Gasteiger partial charge >= 0.3 is 6.61 Å². The van der Waals surface area contributed by atoms with E-state index in [4.69, 9.17) is 4.74 Å². The van der Waals surface area contributed by atoms with Gasteiger partial charge < -0.3 is 19.9 Å². The number of halogens is 2. The van der Waals surface area contributed by atoms with Crippen molar-refractivity contribution in [2.24, 2.45) is 0 Å². The van der Waals surface area contributed by atoms with Crippen LogP contribution in [0.5, 0.6) is 5.75 Å². The maximum absolute atomic E-state index is 12.9. The maximum Gasteiger partial charge on any atom is 0.387 e. The lowest BCUT2D eigenvalue weighted by Crippen LogP contribution is -2.63. The molecule has 2 atom stereocenters. The number of hydrogen-bond donors (Lipinski definition) is 2. The molecule has 1 aromatic carbocycles. The number of sulfone groups is 1. The molecule has 2 aliphatic rings. The van der Waals surface area contributed by atoms with Crippen molar-refractivity contribution in [3.8, 4) is 17.0 Å². The Morgan fingerprint density at radius 1 is 1.31 bits per heavy atom. The monoisotopic (exact) mass is 508 g/mol. The number of rotatable bonds is 6. The highest BCUT2D eigenvalue weighted by Crippen LogP contribution is 2.33. The highest BCUT2D eigenvalue weighted by Gasteiger charge is 2.45. The van der Waals surface area contributed by atoms with Gasteiger partial charge in [-0.1, -0.05) is 12.1 Å². The molecule has 5 rings (SSSR count). The largest absolute Gasteiger partial charge is 0.435 e. The minimum atomic E-state index is -3.16. The minimum absolute atomic E-state index is 0.0517. The summed E-state index contributed by atoms with van der Waals surface area (Å²) in [5, 5.41) is 17.7. The summed E-state index contributed by atoms with van der Waals surface area (Å²) in [6, 6.07) is 6.99. The van der Waals surface area contributed by atoms with E-state index in [2.05, 4.69) is 20.1 Å². The number of carbonyl (C=O) groups is 1. The summed E-state index contributed by atoms with van der Waals surface area (Å²) >= 11 is 0. The van der Waals surface area contributed by atoms with Gasteiger partial charge in [-0.2, -0.15) is 13.9 Å². The normalized spacial score (nSPS) is 22.8. The average molecular weight is 509 g/mol. The van der Waals surface area contributed by atoms with E-state index >= 15 is 0 Å². The Morgan fingerprint density at radius 2 is 2.09 bits per heavy atom. The third kappa shape index (κ3) is 4.58. The molecule has 0 saturated carbocycles. The Hall–Kier alpha value is -3.16. The molecule has 186 valence electrons. The third-order valence-electron chi connectivity index (χ3n) is 5.97. The summed E-state index contributed by atoms with van der Waals surface area (Å²) in [5.74, 6) is -0.844. The van der Waals surface area contributed by atoms with Crippen molar-refractivity contribution in [1.29, 1.82) is 0 Å². The number of aliphatic hydroxyl groups excluding tert-OH is 1. The van der Waals surface area contributed by atoms with Crippen molar-refractivity contribution < 1.29 is 36.6 Å². The Balaban J connectivity index is 1.55. The van der Waals surface area contributed by atoms with E-state index in [1.807, 2.05) is 0 Å². The number of aliphatic hydroxyl groups is 1. The second-order valence-corrected chi connectivity index (χ2v) is 11.1. The molecule has 13 heteroatoms. The van der Waals surface area contributed by atoms with E-state index in [-0.39, 0.29) is 36.0 Å².